The first-order valence-electron chi connectivity index (χ1n) is 29.8. The van der Waals surface area contributed by atoms with Crippen LogP contribution in [0.15, 0.2) is 351 Å². The zero-order chi connectivity index (χ0) is 58.7. The van der Waals surface area contributed by atoms with E-state index in [0.29, 0.717) is 0 Å². The number of nitrogens with zero attached hydrogens (tertiary/aromatic N) is 4. The number of allylic oxidation sites excluding steroid dienone is 8. The van der Waals surface area contributed by atoms with Crippen LogP contribution in [0.2, 0.25) is 0 Å². The molecule has 4 heteroatoms. The molecule has 87 heavy (non-hydrogen) atoms. The number of hydrogen-bond donors (Lipinski definition) is 0. The second kappa shape index (κ2) is 25.6. The number of fused-ring (bicyclic) bond motifs is 1. The van der Waals surface area contributed by atoms with Crippen LogP contribution in [0.1, 0.15) is 19.8 Å². The summed E-state index contributed by atoms with van der Waals surface area (Å²) in [6.45, 7) is 2.00. The Morgan fingerprint density at radius 1 is 0.345 bits per heavy atom. The SMILES string of the molecule is C#C/C(=C\C=C/C)N(c1ccccc1)c1ccc(-c2c(-c3ccc(N(c4ccccc4)c4ccccc4)cc3)c(-c3ccc(N(c4ccccc4)c4ccccc4)cc3)c(-c3ccc(N(C4=CC=CCC4)c4ccccc4)cc3)c3ccccc23)cc1. The molecule has 0 fully saturated rings. The van der Waals surface area contributed by atoms with Crippen molar-refractivity contribution in [3.8, 4) is 56.9 Å². The minimum absolute atomic E-state index is 0.733. The number of para-hydroxylation sites is 6. The van der Waals surface area contributed by atoms with Gasteiger partial charge in [-0.2, -0.15) is 0 Å². The third-order valence-electron chi connectivity index (χ3n) is 16.1. The number of anilines is 10. The normalized spacial score (nSPS) is 12.1. The molecule has 13 rings (SSSR count). The fraction of sp³-hybridized carbons (Fsp3) is 0.0361. The van der Waals surface area contributed by atoms with Gasteiger partial charge in [0.1, 0.15) is 0 Å². The molecule has 1 aliphatic rings. The lowest BCUT2D eigenvalue weighted by atomic mass is 9.79. The zero-order valence-corrected chi connectivity index (χ0v) is 48.6. The molecule has 0 unspecified atom stereocenters. The van der Waals surface area contributed by atoms with Crippen LogP contribution in [-0.2, 0) is 0 Å². The van der Waals surface area contributed by atoms with Crippen LogP contribution in [0.5, 0.6) is 0 Å². The van der Waals surface area contributed by atoms with Gasteiger partial charge in [0.05, 0.1) is 5.70 Å². The van der Waals surface area contributed by atoms with Crippen LogP contribution in [-0.4, -0.2) is 0 Å². The Morgan fingerprint density at radius 3 is 0.989 bits per heavy atom. The molecular formula is C83H64N4. The van der Waals surface area contributed by atoms with E-state index in [-0.39, 0.29) is 0 Å². The predicted octanol–water partition coefficient (Wildman–Crippen LogP) is 23.1. The van der Waals surface area contributed by atoms with Gasteiger partial charge in [-0.3, -0.25) is 0 Å². The monoisotopic (exact) mass is 1120 g/mol. The van der Waals surface area contributed by atoms with Gasteiger partial charge < -0.3 is 19.6 Å². The van der Waals surface area contributed by atoms with Crippen molar-refractivity contribution in [3.05, 3.63) is 351 Å². The van der Waals surface area contributed by atoms with E-state index in [1.807, 2.05) is 31.2 Å². The lowest BCUT2D eigenvalue weighted by molar-refractivity contribution is 0.918. The molecule has 0 saturated heterocycles. The molecule has 0 radical (unpaired) electrons. The molecule has 0 saturated carbocycles. The second-order valence-corrected chi connectivity index (χ2v) is 21.4. The molecule has 12 aromatic carbocycles. The lowest BCUT2D eigenvalue weighted by Gasteiger charge is -2.29. The standard InChI is InChI=1S/C83H64N4/c1-3-5-29-66(4-2)84(67-30-13-6-14-31-67)74-54-46-62(47-55-74)80-78-44-27-28-45-79(78)81(63-48-56-75(57-49-63)85(68-32-15-7-16-33-68)69-34-17-8-18-35-69)83(65-52-60-77(61-53-65)87(72-40-23-11-24-41-72)73-42-25-12-26-43-73)82(80)64-50-58-76(59-51-64)86(70-36-19-9-20-37-70)71-38-21-10-22-39-71/h2-3,5-17,19-34,36-61H,18,35H2,1H3/b5-3-,66-29+. The molecule has 0 heterocycles. The van der Waals surface area contributed by atoms with Gasteiger partial charge in [0.2, 0.25) is 0 Å². The minimum Gasteiger partial charge on any atom is -0.314 e. The van der Waals surface area contributed by atoms with Gasteiger partial charge in [-0.1, -0.05) is 212 Å². The molecule has 12 aromatic rings. The molecule has 0 atom stereocenters. The maximum atomic E-state index is 6.35. The molecule has 0 spiro atoms. The van der Waals surface area contributed by atoms with E-state index in [0.717, 1.165) is 131 Å². The highest BCUT2D eigenvalue weighted by Crippen LogP contribution is 2.53. The molecule has 0 bridgehead atoms. The van der Waals surface area contributed by atoms with E-state index in [1.165, 1.54) is 5.70 Å². The summed E-state index contributed by atoms with van der Waals surface area (Å²) in [6.07, 6.45) is 21.0. The van der Waals surface area contributed by atoms with Crippen molar-refractivity contribution in [3.63, 3.8) is 0 Å². The maximum absolute atomic E-state index is 6.35. The summed E-state index contributed by atoms with van der Waals surface area (Å²) in [5, 5.41) is 2.29. The van der Waals surface area contributed by atoms with Crippen LogP contribution in [0, 0.1) is 12.3 Å². The van der Waals surface area contributed by atoms with Gasteiger partial charge in [-0.25, -0.2) is 0 Å². The van der Waals surface area contributed by atoms with Crippen LogP contribution in [0.4, 0.5) is 56.9 Å². The summed E-state index contributed by atoms with van der Waals surface area (Å²) in [5.74, 6) is 3.00. The molecule has 0 amide bonds. The number of hydrogen-bond acceptors (Lipinski definition) is 4. The molecule has 416 valence electrons. The van der Waals surface area contributed by atoms with E-state index >= 15 is 0 Å². The van der Waals surface area contributed by atoms with Crippen LogP contribution >= 0.6 is 0 Å². The van der Waals surface area contributed by atoms with Crippen molar-refractivity contribution in [1.29, 1.82) is 0 Å². The van der Waals surface area contributed by atoms with Crippen LogP contribution in [0.25, 0.3) is 55.3 Å². The van der Waals surface area contributed by atoms with Gasteiger partial charge in [0.15, 0.2) is 0 Å². The van der Waals surface area contributed by atoms with Crippen molar-refractivity contribution in [2.45, 2.75) is 19.8 Å². The quantitative estimate of drug-likeness (QED) is 0.0665. The Balaban J connectivity index is 1.08. The Morgan fingerprint density at radius 2 is 0.644 bits per heavy atom. The Hall–Kier alpha value is -11.4. The highest BCUT2D eigenvalue weighted by atomic mass is 15.2. The number of benzene rings is 12. The summed E-state index contributed by atoms with van der Waals surface area (Å²) in [5.41, 5.74) is 21.5. The number of rotatable bonds is 17. The van der Waals surface area contributed by atoms with Crippen molar-refractivity contribution in [2.75, 3.05) is 19.6 Å². The first kappa shape index (κ1) is 54.8. The van der Waals surface area contributed by atoms with Gasteiger partial charge in [0.25, 0.3) is 0 Å². The summed E-state index contributed by atoms with van der Waals surface area (Å²) >= 11 is 0. The van der Waals surface area contributed by atoms with Crippen molar-refractivity contribution in [2.24, 2.45) is 0 Å². The van der Waals surface area contributed by atoms with E-state index < -0.39 is 0 Å². The highest BCUT2D eigenvalue weighted by Gasteiger charge is 2.27. The fourth-order valence-electron chi connectivity index (χ4n) is 12.1. The van der Waals surface area contributed by atoms with Crippen molar-refractivity contribution >= 4 is 67.6 Å². The molecular weight excluding hydrogens is 1050 g/mol. The minimum atomic E-state index is 0.733. The van der Waals surface area contributed by atoms with Gasteiger partial charge in [-0.05, 0) is 209 Å². The topological polar surface area (TPSA) is 13.0 Å². The number of terminal acetylenes is 1. The molecule has 0 N–H and O–H groups in total. The summed E-state index contributed by atoms with van der Waals surface area (Å²) in [4.78, 5) is 9.22. The van der Waals surface area contributed by atoms with E-state index in [2.05, 4.69) is 341 Å². The maximum Gasteiger partial charge on any atom is 0.0966 e. The van der Waals surface area contributed by atoms with Gasteiger partial charge in [-0.15, -0.1) is 6.42 Å². The second-order valence-electron chi connectivity index (χ2n) is 21.4. The third kappa shape index (κ3) is 11.4. The van der Waals surface area contributed by atoms with E-state index in [4.69, 9.17) is 6.42 Å². The average molecular weight is 1120 g/mol. The summed E-state index contributed by atoms with van der Waals surface area (Å²) in [7, 11) is 0. The highest BCUT2D eigenvalue weighted by molar-refractivity contribution is 6.18. The summed E-state index contributed by atoms with van der Waals surface area (Å²) < 4.78 is 0. The molecule has 4 nitrogen and oxygen atoms in total. The van der Waals surface area contributed by atoms with Gasteiger partial charge >= 0.3 is 0 Å². The Kier molecular flexibility index (Phi) is 16.2. The van der Waals surface area contributed by atoms with Gasteiger partial charge in [0, 0.05) is 62.6 Å². The fourth-order valence-corrected chi connectivity index (χ4v) is 12.1. The van der Waals surface area contributed by atoms with Crippen molar-refractivity contribution < 1.29 is 0 Å². The Labute approximate surface area is 512 Å². The third-order valence-corrected chi connectivity index (χ3v) is 16.1. The molecule has 0 aliphatic heterocycles. The van der Waals surface area contributed by atoms with E-state index in [1.54, 1.807) is 0 Å². The summed E-state index contributed by atoms with van der Waals surface area (Å²) in [6, 6.07) is 109. The Bertz CT molecular complexity index is 4380. The van der Waals surface area contributed by atoms with Crippen LogP contribution in [0.3, 0.4) is 0 Å². The average Bonchev–Trinajstić information content (AvgIpc) is 1.11. The predicted molar refractivity (Wildman–Crippen MR) is 370 cm³/mol. The molecule has 0 aromatic heterocycles. The van der Waals surface area contributed by atoms with Crippen molar-refractivity contribution in [1.82, 2.24) is 0 Å². The largest absolute Gasteiger partial charge is 0.314 e. The van der Waals surface area contributed by atoms with E-state index in [9.17, 15) is 0 Å². The lowest BCUT2D eigenvalue weighted by Crippen LogP contribution is -2.17. The molecule has 1 aliphatic carbocycles. The first-order valence-corrected chi connectivity index (χ1v) is 29.8. The zero-order valence-electron chi connectivity index (χ0n) is 48.6. The first-order chi connectivity index (χ1) is 43.1. The smallest absolute Gasteiger partial charge is 0.0966 e. The van der Waals surface area contributed by atoms with Crippen LogP contribution < -0.4 is 19.6 Å².